The van der Waals surface area contributed by atoms with Gasteiger partial charge < -0.3 is 14.8 Å². The molecule has 0 saturated carbocycles. The predicted octanol–water partition coefficient (Wildman–Crippen LogP) is 4.84. The normalized spacial score (nSPS) is 12.2. The number of hydrogen-bond donors (Lipinski definition) is 1. The van der Waals surface area contributed by atoms with Gasteiger partial charge >= 0.3 is 12.5 Å². The zero-order valence-electron chi connectivity index (χ0n) is 17.3. The third kappa shape index (κ3) is 7.05. The van der Waals surface area contributed by atoms with Crippen LogP contribution in [0.5, 0.6) is 17.4 Å². The van der Waals surface area contributed by atoms with Crippen LogP contribution in [0.4, 0.5) is 32.0 Å². The van der Waals surface area contributed by atoms with Crippen LogP contribution in [0, 0.1) is 0 Å². The third-order valence-electron chi connectivity index (χ3n) is 4.07. The molecule has 0 radical (unpaired) electrons. The van der Waals surface area contributed by atoms with Gasteiger partial charge in [0.05, 0.1) is 4.90 Å². The van der Waals surface area contributed by atoms with Gasteiger partial charge in [0.2, 0.25) is 0 Å². The summed E-state index contributed by atoms with van der Waals surface area (Å²) in [6, 6.07) is 9.17. The molecule has 0 atom stereocenters. The molecule has 0 spiro atoms. The molecule has 0 aliphatic heterocycles. The molecule has 1 heterocycles. The maximum Gasteiger partial charge on any atom is 0.573 e. The standard InChI is InChI=1S/C20H13F6N3O5S/c1-35(31,32)14-7-2-4-11(8-14)27-17(30)15-10-16(19(21,22)23)28-29-18(15)33-12-5-3-6-13(9-12)34-20(24,25)26/h2-10H,1H3,(H,27,30). The van der Waals surface area contributed by atoms with Crippen molar-refractivity contribution in [2.24, 2.45) is 0 Å². The lowest BCUT2D eigenvalue weighted by Crippen LogP contribution is -2.18. The van der Waals surface area contributed by atoms with E-state index in [2.05, 4.69) is 20.3 Å². The third-order valence-corrected chi connectivity index (χ3v) is 5.18. The summed E-state index contributed by atoms with van der Waals surface area (Å²) in [4.78, 5) is 12.6. The second kappa shape index (κ2) is 9.40. The Labute approximate surface area is 193 Å². The molecular weight excluding hydrogens is 508 g/mol. The van der Waals surface area contributed by atoms with Crippen molar-refractivity contribution in [3.63, 3.8) is 0 Å². The van der Waals surface area contributed by atoms with E-state index in [4.69, 9.17) is 4.74 Å². The number of sulfone groups is 1. The summed E-state index contributed by atoms with van der Waals surface area (Å²) < 4.78 is 109. The number of aromatic nitrogens is 2. The van der Waals surface area contributed by atoms with Gasteiger partial charge in [0, 0.05) is 18.0 Å². The van der Waals surface area contributed by atoms with Crippen molar-refractivity contribution in [1.82, 2.24) is 10.2 Å². The van der Waals surface area contributed by atoms with Gasteiger partial charge in [-0.3, -0.25) is 4.79 Å². The summed E-state index contributed by atoms with van der Waals surface area (Å²) in [6.07, 6.45) is -9.09. The topological polar surface area (TPSA) is 107 Å². The van der Waals surface area contributed by atoms with Gasteiger partial charge in [-0.1, -0.05) is 12.1 Å². The van der Waals surface area contributed by atoms with Gasteiger partial charge in [-0.15, -0.1) is 23.4 Å². The van der Waals surface area contributed by atoms with Gasteiger partial charge in [-0.05, 0) is 36.4 Å². The quantitative estimate of drug-likeness (QED) is 0.463. The van der Waals surface area contributed by atoms with Crippen LogP contribution in [0.3, 0.4) is 0 Å². The molecule has 3 rings (SSSR count). The van der Waals surface area contributed by atoms with E-state index >= 15 is 0 Å². The first kappa shape index (κ1) is 25.7. The lowest BCUT2D eigenvalue weighted by molar-refractivity contribution is -0.274. The number of alkyl halides is 6. The number of amides is 1. The summed E-state index contributed by atoms with van der Waals surface area (Å²) in [6.45, 7) is 0. The molecule has 3 aromatic rings. The van der Waals surface area contributed by atoms with E-state index in [0.29, 0.717) is 6.07 Å². The van der Waals surface area contributed by atoms with Crippen LogP contribution in [-0.2, 0) is 16.0 Å². The molecule has 0 aliphatic carbocycles. The number of hydrogen-bond acceptors (Lipinski definition) is 7. The Bertz CT molecular complexity index is 1360. The van der Waals surface area contributed by atoms with Gasteiger partial charge in [0.1, 0.15) is 17.1 Å². The van der Waals surface area contributed by atoms with E-state index in [0.717, 1.165) is 36.6 Å². The van der Waals surface area contributed by atoms with E-state index in [9.17, 15) is 39.6 Å². The summed E-state index contributed by atoms with van der Waals surface area (Å²) in [5.41, 5.74) is -2.40. The Morgan fingerprint density at radius 1 is 0.914 bits per heavy atom. The smallest absolute Gasteiger partial charge is 0.437 e. The maximum atomic E-state index is 13.1. The molecule has 35 heavy (non-hydrogen) atoms. The Morgan fingerprint density at radius 3 is 2.20 bits per heavy atom. The number of nitrogens with one attached hydrogen (secondary N) is 1. The fourth-order valence-corrected chi connectivity index (χ4v) is 3.27. The minimum Gasteiger partial charge on any atom is -0.437 e. The van der Waals surface area contributed by atoms with Crippen molar-refractivity contribution in [1.29, 1.82) is 0 Å². The highest BCUT2D eigenvalue weighted by Crippen LogP contribution is 2.33. The first-order chi connectivity index (χ1) is 16.1. The average Bonchev–Trinajstić information content (AvgIpc) is 2.72. The SMILES string of the molecule is CS(=O)(=O)c1cccc(NC(=O)c2cc(C(F)(F)F)nnc2Oc2cccc(OC(F)(F)F)c2)c1. The van der Waals surface area contributed by atoms with Crippen molar-refractivity contribution in [3.8, 4) is 17.4 Å². The molecule has 0 unspecified atom stereocenters. The molecule has 186 valence electrons. The van der Waals surface area contributed by atoms with Crippen molar-refractivity contribution >= 4 is 21.4 Å². The maximum absolute atomic E-state index is 13.1. The highest BCUT2D eigenvalue weighted by Gasteiger charge is 2.35. The Balaban J connectivity index is 1.97. The van der Waals surface area contributed by atoms with Gasteiger partial charge in [0.25, 0.3) is 11.8 Å². The number of benzene rings is 2. The highest BCUT2D eigenvalue weighted by atomic mass is 32.2. The van der Waals surface area contributed by atoms with E-state index < -0.39 is 51.2 Å². The Morgan fingerprint density at radius 2 is 1.57 bits per heavy atom. The fraction of sp³-hybridized carbons (Fsp3) is 0.150. The molecule has 2 aromatic carbocycles. The Hall–Kier alpha value is -3.88. The number of ether oxygens (including phenoxy) is 2. The highest BCUT2D eigenvalue weighted by molar-refractivity contribution is 7.90. The average molecular weight is 521 g/mol. The van der Waals surface area contributed by atoms with Crippen molar-refractivity contribution in [2.45, 2.75) is 17.4 Å². The van der Waals surface area contributed by atoms with Crippen LogP contribution in [0.2, 0.25) is 0 Å². The predicted molar refractivity (Wildman–Crippen MR) is 108 cm³/mol. The zero-order chi connectivity index (χ0) is 26.0. The zero-order valence-corrected chi connectivity index (χ0v) is 18.1. The van der Waals surface area contributed by atoms with Crippen molar-refractivity contribution in [3.05, 3.63) is 65.9 Å². The molecule has 0 fully saturated rings. The van der Waals surface area contributed by atoms with E-state index in [-0.39, 0.29) is 16.3 Å². The van der Waals surface area contributed by atoms with Crippen LogP contribution in [0.1, 0.15) is 16.1 Å². The molecular formula is C20H13F6N3O5S. The van der Waals surface area contributed by atoms with Gasteiger partial charge in [-0.2, -0.15) is 13.2 Å². The largest absolute Gasteiger partial charge is 0.573 e. The van der Waals surface area contributed by atoms with Gasteiger partial charge in [0.15, 0.2) is 15.5 Å². The first-order valence-electron chi connectivity index (χ1n) is 9.22. The van der Waals surface area contributed by atoms with Crippen LogP contribution in [0.15, 0.2) is 59.5 Å². The molecule has 15 heteroatoms. The Kier molecular flexibility index (Phi) is 6.91. The van der Waals surface area contributed by atoms with Crippen LogP contribution in [-0.4, -0.2) is 37.1 Å². The molecule has 0 saturated heterocycles. The lowest BCUT2D eigenvalue weighted by atomic mass is 10.2. The second-order valence-electron chi connectivity index (χ2n) is 6.83. The van der Waals surface area contributed by atoms with E-state index in [1.165, 1.54) is 18.2 Å². The number of halogens is 6. The first-order valence-corrected chi connectivity index (χ1v) is 11.1. The summed E-state index contributed by atoms with van der Waals surface area (Å²) in [5, 5.41) is 8.43. The fourth-order valence-electron chi connectivity index (χ4n) is 2.61. The van der Waals surface area contributed by atoms with Crippen molar-refractivity contribution in [2.75, 3.05) is 11.6 Å². The molecule has 1 aromatic heterocycles. The van der Waals surface area contributed by atoms with Crippen LogP contribution >= 0.6 is 0 Å². The van der Waals surface area contributed by atoms with E-state index in [1.54, 1.807) is 0 Å². The minimum atomic E-state index is -5.02. The molecule has 1 amide bonds. The van der Waals surface area contributed by atoms with Crippen LogP contribution < -0.4 is 14.8 Å². The molecule has 0 aliphatic rings. The summed E-state index contributed by atoms with van der Waals surface area (Å²) >= 11 is 0. The molecule has 1 N–H and O–H groups in total. The number of anilines is 1. The second-order valence-corrected chi connectivity index (χ2v) is 8.84. The van der Waals surface area contributed by atoms with Crippen molar-refractivity contribution < 1.29 is 49.0 Å². The monoisotopic (exact) mass is 521 g/mol. The molecule has 0 bridgehead atoms. The van der Waals surface area contributed by atoms with Crippen LogP contribution in [0.25, 0.3) is 0 Å². The molecule has 8 nitrogen and oxygen atoms in total. The number of nitrogens with zero attached hydrogens (tertiary/aromatic N) is 2. The summed E-state index contributed by atoms with van der Waals surface area (Å²) in [5.74, 6) is -3.00. The minimum absolute atomic E-state index is 0.0742. The van der Waals surface area contributed by atoms with E-state index in [1.807, 2.05) is 0 Å². The number of rotatable bonds is 6. The number of carbonyl (C=O) groups excluding carboxylic acids is 1. The van der Waals surface area contributed by atoms with Gasteiger partial charge in [-0.25, -0.2) is 8.42 Å². The number of carbonyl (C=O) groups is 1. The lowest BCUT2D eigenvalue weighted by Gasteiger charge is -2.14. The summed E-state index contributed by atoms with van der Waals surface area (Å²) in [7, 11) is -3.66.